The molecule has 1 saturated carbocycles. The summed E-state index contributed by atoms with van der Waals surface area (Å²) in [6.45, 7) is 12.6. The molecule has 1 amide bonds. The van der Waals surface area contributed by atoms with E-state index in [0.717, 1.165) is 12.8 Å². The maximum atomic E-state index is 12.4. The van der Waals surface area contributed by atoms with E-state index >= 15 is 0 Å². The van der Waals surface area contributed by atoms with Gasteiger partial charge in [0.1, 0.15) is 0 Å². The van der Waals surface area contributed by atoms with Crippen molar-refractivity contribution in [2.24, 2.45) is 5.92 Å². The molecular weight excluding hydrogens is 246 g/mol. The molecule has 114 valence electrons. The van der Waals surface area contributed by atoms with E-state index < -0.39 is 0 Å². The first-order chi connectivity index (χ1) is 9.34. The van der Waals surface area contributed by atoms with Gasteiger partial charge in [0.25, 0.3) is 0 Å². The summed E-state index contributed by atoms with van der Waals surface area (Å²) in [6.07, 6.45) is 6.12. The number of amides is 1. The maximum absolute atomic E-state index is 12.4. The molecule has 2 nitrogen and oxygen atoms in total. The second-order valence-electron chi connectivity index (χ2n) is 6.50. The fourth-order valence-corrected chi connectivity index (χ4v) is 2.77. The molecular formula is C18H31NO. The highest BCUT2D eigenvalue weighted by atomic mass is 16.1. The molecule has 0 aromatic heterocycles. The molecule has 0 saturated heterocycles. The molecule has 1 rings (SSSR count). The van der Waals surface area contributed by atoms with Gasteiger partial charge < -0.3 is 5.32 Å². The highest BCUT2D eigenvalue weighted by Gasteiger charge is 2.21. The molecule has 0 heterocycles. The normalized spacial score (nSPS) is 19.1. The van der Waals surface area contributed by atoms with Crippen LogP contribution in [0, 0.1) is 5.92 Å². The predicted octanol–water partition coefficient (Wildman–Crippen LogP) is 4.76. The Hall–Kier alpha value is -1.05. The van der Waals surface area contributed by atoms with Crippen molar-refractivity contribution < 1.29 is 4.79 Å². The second kappa shape index (κ2) is 7.66. The number of carbonyl (C=O) groups excluding carboxylic acids is 1. The van der Waals surface area contributed by atoms with Gasteiger partial charge in [0.15, 0.2) is 0 Å². The Morgan fingerprint density at radius 1 is 0.950 bits per heavy atom. The molecule has 1 aliphatic rings. The van der Waals surface area contributed by atoms with Gasteiger partial charge in [0.2, 0.25) is 5.91 Å². The van der Waals surface area contributed by atoms with Crippen LogP contribution in [-0.2, 0) is 4.79 Å². The Morgan fingerprint density at radius 2 is 1.50 bits per heavy atom. The van der Waals surface area contributed by atoms with Crippen molar-refractivity contribution in [2.45, 2.75) is 79.7 Å². The molecule has 0 aliphatic heterocycles. The van der Waals surface area contributed by atoms with Crippen LogP contribution < -0.4 is 5.32 Å². The van der Waals surface area contributed by atoms with Gasteiger partial charge in [0, 0.05) is 6.04 Å². The van der Waals surface area contributed by atoms with E-state index in [-0.39, 0.29) is 11.8 Å². The van der Waals surface area contributed by atoms with Gasteiger partial charge in [0.05, 0.1) is 5.92 Å². The van der Waals surface area contributed by atoms with Crippen molar-refractivity contribution in [2.75, 3.05) is 0 Å². The Labute approximate surface area is 124 Å². The lowest BCUT2D eigenvalue weighted by Crippen LogP contribution is -2.39. The van der Waals surface area contributed by atoms with E-state index in [1.165, 1.54) is 41.6 Å². The van der Waals surface area contributed by atoms with Crippen LogP contribution in [0.2, 0.25) is 0 Å². The van der Waals surface area contributed by atoms with Crippen LogP contribution in [-0.4, -0.2) is 11.9 Å². The Bertz CT molecular complexity index is 407. The zero-order valence-electron chi connectivity index (χ0n) is 14.1. The van der Waals surface area contributed by atoms with Crippen LogP contribution >= 0.6 is 0 Å². The number of carbonyl (C=O) groups is 1. The van der Waals surface area contributed by atoms with E-state index in [4.69, 9.17) is 0 Å². The smallest absolute Gasteiger partial charge is 0.227 e. The predicted molar refractivity (Wildman–Crippen MR) is 86.6 cm³/mol. The summed E-state index contributed by atoms with van der Waals surface area (Å²) in [6, 6.07) is 0.399. The number of allylic oxidation sites excluding steroid dienone is 3. The van der Waals surface area contributed by atoms with Gasteiger partial charge in [-0.05, 0) is 65.5 Å². The summed E-state index contributed by atoms with van der Waals surface area (Å²) < 4.78 is 0. The van der Waals surface area contributed by atoms with Gasteiger partial charge in [-0.15, -0.1) is 0 Å². The zero-order chi connectivity index (χ0) is 15.3. The molecule has 1 N–H and O–H groups in total. The SMILES string of the molecule is CC(C)=C(C)C(C)=C(C)C(C)C(=O)NC1CCCCC1. The molecule has 1 unspecified atom stereocenters. The lowest BCUT2D eigenvalue weighted by molar-refractivity contribution is -0.124. The van der Waals surface area contributed by atoms with E-state index in [1.807, 2.05) is 6.92 Å². The standard InChI is InChI=1S/C18H31NO/c1-12(2)13(3)14(4)15(5)16(6)18(20)19-17-10-8-7-9-11-17/h16-17H,7-11H2,1-6H3,(H,19,20). The number of hydrogen-bond acceptors (Lipinski definition) is 1. The molecule has 1 atom stereocenters. The van der Waals surface area contributed by atoms with Crippen molar-refractivity contribution in [1.29, 1.82) is 0 Å². The molecule has 2 heteroatoms. The fraction of sp³-hybridized carbons (Fsp3) is 0.722. The average Bonchev–Trinajstić information content (AvgIpc) is 2.44. The minimum atomic E-state index is -0.0359. The lowest BCUT2D eigenvalue weighted by atomic mass is 9.90. The third-order valence-corrected chi connectivity index (χ3v) is 4.90. The lowest BCUT2D eigenvalue weighted by Gasteiger charge is -2.25. The summed E-state index contributed by atoms with van der Waals surface area (Å²) in [7, 11) is 0. The molecule has 0 spiro atoms. The summed E-state index contributed by atoms with van der Waals surface area (Å²) in [5, 5.41) is 3.23. The molecule has 0 aromatic rings. The van der Waals surface area contributed by atoms with Crippen molar-refractivity contribution in [3.05, 3.63) is 22.3 Å². The minimum absolute atomic E-state index is 0.0359. The third-order valence-electron chi connectivity index (χ3n) is 4.90. The summed E-state index contributed by atoms with van der Waals surface area (Å²) in [5.41, 5.74) is 5.08. The number of nitrogens with one attached hydrogen (secondary N) is 1. The van der Waals surface area contributed by atoms with Gasteiger partial charge in [-0.2, -0.15) is 0 Å². The Balaban J connectivity index is 2.72. The molecule has 20 heavy (non-hydrogen) atoms. The average molecular weight is 277 g/mol. The minimum Gasteiger partial charge on any atom is -0.353 e. The van der Waals surface area contributed by atoms with Gasteiger partial charge >= 0.3 is 0 Å². The van der Waals surface area contributed by atoms with E-state index in [0.29, 0.717) is 6.04 Å². The first-order valence-electron chi connectivity index (χ1n) is 7.96. The van der Waals surface area contributed by atoms with Crippen LogP contribution in [0.15, 0.2) is 22.3 Å². The highest BCUT2D eigenvalue weighted by Crippen LogP contribution is 2.24. The molecule has 1 aliphatic carbocycles. The highest BCUT2D eigenvalue weighted by molar-refractivity contribution is 5.81. The van der Waals surface area contributed by atoms with E-state index in [2.05, 4.69) is 39.9 Å². The van der Waals surface area contributed by atoms with Crippen LogP contribution in [0.3, 0.4) is 0 Å². The third kappa shape index (κ3) is 4.50. The van der Waals surface area contributed by atoms with Crippen LogP contribution in [0.4, 0.5) is 0 Å². The van der Waals surface area contributed by atoms with E-state index in [1.54, 1.807) is 0 Å². The van der Waals surface area contributed by atoms with Crippen molar-refractivity contribution in [3.8, 4) is 0 Å². The van der Waals surface area contributed by atoms with Gasteiger partial charge in [-0.25, -0.2) is 0 Å². The fourth-order valence-electron chi connectivity index (χ4n) is 2.77. The topological polar surface area (TPSA) is 29.1 Å². The Kier molecular flexibility index (Phi) is 6.51. The van der Waals surface area contributed by atoms with Crippen molar-refractivity contribution in [3.63, 3.8) is 0 Å². The first-order valence-corrected chi connectivity index (χ1v) is 7.96. The number of rotatable bonds is 4. The maximum Gasteiger partial charge on any atom is 0.227 e. The monoisotopic (exact) mass is 277 g/mol. The van der Waals surface area contributed by atoms with Gasteiger partial charge in [-0.1, -0.05) is 30.4 Å². The van der Waals surface area contributed by atoms with Gasteiger partial charge in [-0.3, -0.25) is 4.79 Å². The zero-order valence-corrected chi connectivity index (χ0v) is 14.1. The van der Waals surface area contributed by atoms with Crippen LogP contribution in [0.1, 0.15) is 73.6 Å². The van der Waals surface area contributed by atoms with Crippen LogP contribution in [0.25, 0.3) is 0 Å². The van der Waals surface area contributed by atoms with Crippen molar-refractivity contribution in [1.82, 2.24) is 5.32 Å². The largest absolute Gasteiger partial charge is 0.353 e. The molecule has 0 aromatic carbocycles. The summed E-state index contributed by atoms with van der Waals surface area (Å²) >= 11 is 0. The summed E-state index contributed by atoms with van der Waals surface area (Å²) in [4.78, 5) is 12.4. The Morgan fingerprint density at radius 3 is 2.00 bits per heavy atom. The molecule has 0 radical (unpaired) electrons. The molecule has 1 fully saturated rings. The summed E-state index contributed by atoms with van der Waals surface area (Å²) in [5.74, 6) is 0.154. The van der Waals surface area contributed by atoms with E-state index in [9.17, 15) is 4.79 Å². The van der Waals surface area contributed by atoms with Crippen molar-refractivity contribution >= 4 is 5.91 Å². The first kappa shape index (κ1) is 17.0. The number of hydrogen-bond donors (Lipinski definition) is 1. The van der Waals surface area contributed by atoms with Crippen LogP contribution in [0.5, 0.6) is 0 Å². The second-order valence-corrected chi connectivity index (χ2v) is 6.50. The molecule has 0 bridgehead atoms. The quantitative estimate of drug-likeness (QED) is 0.737.